The zero-order chi connectivity index (χ0) is 21.4. The largest absolute Gasteiger partial charge is 0.483 e. The molecule has 0 bridgehead atoms. The number of hydrogen-bond donors (Lipinski definition) is 1. The SMILES string of the molecule is CCCNC(=O)[C@H](C)N(Cc1ccccc1Cl)C(=O)COc1ccc(Cl)cc1Br. The van der Waals surface area contributed by atoms with Gasteiger partial charge in [0.15, 0.2) is 6.61 Å². The Morgan fingerprint density at radius 3 is 2.59 bits per heavy atom. The third kappa shape index (κ3) is 6.91. The molecule has 2 aromatic carbocycles. The fourth-order valence-electron chi connectivity index (χ4n) is 2.60. The van der Waals surface area contributed by atoms with Crippen LogP contribution in [0.25, 0.3) is 0 Å². The van der Waals surface area contributed by atoms with Gasteiger partial charge in [0.1, 0.15) is 11.8 Å². The number of nitrogens with one attached hydrogen (secondary N) is 1. The van der Waals surface area contributed by atoms with Gasteiger partial charge in [0.2, 0.25) is 5.91 Å². The van der Waals surface area contributed by atoms with Crippen LogP contribution in [0.5, 0.6) is 5.75 Å². The van der Waals surface area contributed by atoms with Crippen LogP contribution in [0.3, 0.4) is 0 Å². The molecule has 0 heterocycles. The first-order valence-electron chi connectivity index (χ1n) is 9.22. The molecule has 2 rings (SSSR count). The summed E-state index contributed by atoms with van der Waals surface area (Å²) < 4.78 is 6.29. The summed E-state index contributed by atoms with van der Waals surface area (Å²) in [6.45, 7) is 4.18. The first-order valence-corrected chi connectivity index (χ1v) is 10.8. The third-order valence-corrected chi connectivity index (χ3v) is 5.48. The van der Waals surface area contributed by atoms with Crippen LogP contribution in [-0.4, -0.2) is 35.9 Å². The molecule has 0 saturated heterocycles. The molecular weight excluding hydrogens is 479 g/mol. The van der Waals surface area contributed by atoms with E-state index in [1.807, 2.05) is 25.1 Å². The molecule has 0 spiro atoms. The lowest BCUT2D eigenvalue weighted by Gasteiger charge is -2.29. The molecule has 0 aliphatic carbocycles. The number of rotatable bonds is 9. The highest BCUT2D eigenvalue weighted by Crippen LogP contribution is 2.28. The Labute approximate surface area is 189 Å². The number of ether oxygens (including phenoxy) is 1. The summed E-state index contributed by atoms with van der Waals surface area (Å²) in [5.41, 5.74) is 0.755. The predicted molar refractivity (Wildman–Crippen MR) is 119 cm³/mol. The van der Waals surface area contributed by atoms with Crippen molar-refractivity contribution < 1.29 is 14.3 Å². The number of carbonyl (C=O) groups excluding carboxylic acids is 2. The number of benzene rings is 2. The van der Waals surface area contributed by atoms with Crippen molar-refractivity contribution >= 4 is 50.9 Å². The second-order valence-corrected chi connectivity index (χ2v) is 8.14. The van der Waals surface area contributed by atoms with Crippen molar-refractivity contribution in [3.8, 4) is 5.75 Å². The molecule has 156 valence electrons. The molecule has 5 nitrogen and oxygen atoms in total. The number of halogens is 3. The zero-order valence-electron chi connectivity index (χ0n) is 16.3. The molecule has 1 N–H and O–H groups in total. The molecule has 0 unspecified atom stereocenters. The molecular formula is C21H23BrCl2N2O3. The maximum absolute atomic E-state index is 13.0. The van der Waals surface area contributed by atoms with Crippen LogP contribution in [0.4, 0.5) is 0 Å². The van der Waals surface area contributed by atoms with E-state index in [1.54, 1.807) is 31.2 Å². The van der Waals surface area contributed by atoms with E-state index >= 15 is 0 Å². The zero-order valence-corrected chi connectivity index (χ0v) is 19.4. The molecule has 8 heteroatoms. The molecule has 0 aromatic heterocycles. The Kier molecular flexibility index (Phi) is 9.27. The summed E-state index contributed by atoms with van der Waals surface area (Å²) in [5, 5.41) is 3.92. The van der Waals surface area contributed by atoms with Crippen LogP contribution in [0, 0.1) is 0 Å². The third-order valence-electron chi connectivity index (χ3n) is 4.26. The van der Waals surface area contributed by atoms with E-state index in [9.17, 15) is 9.59 Å². The van der Waals surface area contributed by atoms with Crippen molar-refractivity contribution in [2.24, 2.45) is 0 Å². The van der Waals surface area contributed by atoms with Gasteiger partial charge in [-0.25, -0.2) is 0 Å². The highest BCUT2D eigenvalue weighted by molar-refractivity contribution is 9.10. The number of carbonyl (C=O) groups is 2. The lowest BCUT2D eigenvalue weighted by atomic mass is 10.1. The standard InChI is InChI=1S/C21H23BrCl2N2O3/c1-3-10-25-21(28)14(2)26(12-15-6-4-5-7-18(15)24)20(27)13-29-19-9-8-16(23)11-17(19)22/h4-9,11,14H,3,10,12-13H2,1-2H3,(H,25,28)/t14-/m0/s1. The van der Waals surface area contributed by atoms with Crippen molar-refractivity contribution in [1.82, 2.24) is 10.2 Å². The Morgan fingerprint density at radius 1 is 1.21 bits per heavy atom. The molecule has 0 aliphatic heterocycles. The normalized spacial score (nSPS) is 11.6. The maximum Gasteiger partial charge on any atom is 0.261 e. The molecule has 2 amide bonds. The fourth-order valence-corrected chi connectivity index (χ4v) is 3.60. The first kappa shape index (κ1) is 23.5. The van der Waals surface area contributed by atoms with E-state index < -0.39 is 6.04 Å². The summed E-state index contributed by atoms with van der Waals surface area (Å²) in [6, 6.07) is 11.6. The average molecular weight is 502 g/mol. The lowest BCUT2D eigenvalue weighted by molar-refractivity contribution is -0.142. The molecule has 29 heavy (non-hydrogen) atoms. The van der Waals surface area contributed by atoms with Gasteiger partial charge in [0.05, 0.1) is 4.47 Å². The van der Waals surface area contributed by atoms with E-state index in [4.69, 9.17) is 27.9 Å². The van der Waals surface area contributed by atoms with Crippen molar-refractivity contribution in [3.05, 3.63) is 62.5 Å². The first-order chi connectivity index (χ1) is 13.8. The summed E-state index contributed by atoms with van der Waals surface area (Å²) in [6.07, 6.45) is 0.810. The van der Waals surface area contributed by atoms with E-state index in [0.717, 1.165) is 12.0 Å². The van der Waals surface area contributed by atoms with Gasteiger partial charge in [0, 0.05) is 23.1 Å². The van der Waals surface area contributed by atoms with Gasteiger partial charge in [0.25, 0.3) is 5.91 Å². The maximum atomic E-state index is 13.0. The summed E-state index contributed by atoms with van der Waals surface area (Å²) >= 11 is 15.6. The monoisotopic (exact) mass is 500 g/mol. The van der Waals surface area contributed by atoms with Gasteiger partial charge in [-0.1, -0.05) is 48.3 Å². The smallest absolute Gasteiger partial charge is 0.261 e. The average Bonchev–Trinajstić information content (AvgIpc) is 2.70. The van der Waals surface area contributed by atoms with Gasteiger partial charge in [-0.2, -0.15) is 0 Å². The van der Waals surface area contributed by atoms with Gasteiger partial charge in [-0.05, 0) is 59.1 Å². The minimum absolute atomic E-state index is 0.199. The van der Waals surface area contributed by atoms with Crippen LogP contribution >= 0.6 is 39.1 Å². The fraction of sp³-hybridized carbons (Fsp3) is 0.333. The second-order valence-electron chi connectivity index (χ2n) is 6.44. The number of nitrogens with zero attached hydrogens (tertiary/aromatic N) is 1. The van der Waals surface area contributed by atoms with E-state index in [0.29, 0.717) is 26.8 Å². The van der Waals surface area contributed by atoms with Crippen LogP contribution in [-0.2, 0) is 16.1 Å². The molecule has 0 radical (unpaired) electrons. The van der Waals surface area contributed by atoms with E-state index in [1.165, 1.54) is 4.90 Å². The molecule has 2 aromatic rings. The summed E-state index contributed by atoms with van der Waals surface area (Å²) in [5.74, 6) is -0.0608. The minimum Gasteiger partial charge on any atom is -0.483 e. The predicted octanol–water partition coefficient (Wildman–Crippen LogP) is 5.08. The molecule has 1 atom stereocenters. The Morgan fingerprint density at radius 2 is 1.93 bits per heavy atom. The number of hydrogen-bond acceptors (Lipinski definition) is 3. The van der Waals surface area contributed by atoms with Crippen molar-refractivity contribution in [2.75, 3.05) is 13.2 Å². The topological polar surface area (TPSA) is 58.6 Å². The highest BCUT2D eigenvalue weighted by Gasteiger charge is 2.27. The molecule has 0 aliphatic rings. The number of amides is 2. The van der Waals surface area contributed by atoms with E-state index in [2.05, 4.69) is 21.2 Å². The highest BCUT2D eigenvalue weighted by atomic mass is 79.9. The van der Waals surface area contributed by atoms with Gasteiger partial charge < -0.3 is 15.0 Å². The van der Waals surface area contributed by atoms with Gasteiger partial charge in [-0.3, -0.25) is 9.59 Å². The van der Waals surface area contributed by atoms with Crippen LogP contribution in [0.2, 0.25) is 10.0 Å². The summed E-state index contributed by atoms with van der Waals surface area (Å²) in [4.78, 5) is 26.9. The van der Waals surface area contributed by atoms with Crippen LogP contribution in [0.1, 0.15) is 25.8 Å². The van der Waals surface area contributed by atoms with Gasteiger partial charge >= 0.3 is 0 Å². The van der Waals surface area contributed by atoms with Crippen molar-refractivity contribution in [1.29, 1.82) is 0 Å². The molecule has 0 fully saturated rings. The van der Waals surface area contributed by atoms with Gasteiger partial charge in [-0.15, -0.1) is 0 Å². The quantitative estimate of drug-likeness (QED) is 0.521. The lowest BCUT2D eigenvalue weighted by Crippen LogP contribution is -2.49. The second kappa shape index (κ2) is 11.4. The Balaban J connectivity index is 2.17. The minimum atomic E-state index is -0.678. The van der Waals surface area contributed by atoms with Crippen molar-refractivity contribution in [3.63, 3.8) is 0 Å². The Hall–Kier alpha value is -1.76. The van der Waals surface area contributed by atoms with Crippen molar-refractivity contribution in [2.45, 2.75) is 32.9 Å². The van der Waals surface area contributed by atoms with Crippen LogP contribution < -0.4 is 10.1 Å². The Bertz CT molecular complexity index is 864. The molecule has 0 saturated carbocycles. The van der Waals surface area contributed by atoms with E-state index in [-0.39, 0.29) is 25.0 Å². The summed E-state index contributed by atoms with van der Waals surface area (Å²) in [7, 11) is 0. The van der Waals surface area contributed by atoms with Crippen LogP contribution in [0.15, 0.2) is 46.9 Å².